The van der Waals surface area contributed by atoms with Gasteiger partial charge in [-0.3, -0.25) is 4.79 Å². The van der Waals surface area contributed by atoms with Gasteiger partial charge in [0.2, 0.25) is 0 Å². The molecule has 2 unspecified atom stereocenters. The number of rotatable bonds is 3. The lowest BCUT2D eigenvalue weighted by molar-refractivity contribution is 0.0965. The van der Waals surface area contributed by atoms with Gasteiger partial charge < -0.3 is 21.3 Å². The number of aromatic nitrogens is 1. The summed E-state index contributed by atoms with van der Waals surface area (Å²) in [6.45, 7) is 2.39. The Kier molecular flexibility index (Phi) is 3.80. The van der Waals surface area contributed by atoms with Crippen LogP contribution in [0.4, 0.5) is 10.8 Å². The Morgan fingerprint density at radius 1 is 1.45 bits per heavy atom. The fraction of sp³-hybridized carbons (Fsp3) is 0.692. The number of nitrogens with one attached hydrogen (secondary N) is 2. The minimum absolute atomic E-state index is 0.169. The van der Waals surface area contributed by atoms with Crippen molar-refractivity contribution in [3.8, 4) is 0 Å². The molecule has 0 spiro atoms. The molecule has 1 aromatic rings. The van der Waals surface area contributed by atoms with E-state index in [0.717, 1.165) is 24.4 Å². The summed E-state index contributed by atoms with van der Waals surface area (Å²) in [6.07, 6.45) is 4.87. The number of nitrogens with two attached hydrogens (primary N) is 1. The van der Waals surface area contributed by atoms with Gasteiger partial charge >= 0.3 is 0 Å². The van der Waals surface area contributed by atoms with Crippen molar-refractivity contribution in [2.45, 2.75) is 37.8 Å². The molecule has 7 heteroatoms. The minimum atomic E-state index is -0.169. The molecule has 6 nitrogen and oxygen atoms in total. The molecule has 4 N–H and O–H groups in total. The first-order valence-electron chi connectivity index (χ1n) is 7.17. The first kappa shape index (κ1) is 13.6. The van der Waals surface area contributed by atoms with Crippen LogP contribution in [0.2, 0.25) is 0 Å². The van der Waals surface area contributed by atoms with Crippen LogP contribution in [-0.4, -0.2) is 47.4 Å². The molecule has 2 aliphatic heterocycles. The zero-order valence-electron chi connectivity index (χ0n) is 11.7. The van der Waals surface area contributed by atoms with Crippen LogP contribution in [0.5, 0.6) is 0 Å². The van der Waals surface area contributed by atoms with E-state index in [1.54, 1.807) is 7.05 Å². The lowest BCUT2D eigenvalue weighted by Gasteiger charge is -2.35. The van der Waals surface area contributed by atoms with E-state index in [0.29, 0.717) is 23.5 Å². The van der Waals surface area contributed by atoms with Crippen molar-refractivity contribution in [2.24, 2.45) is 0 Å². The van der Waals surface area contributed by atoms with Crippen molar-refractivity contribution in [1.29, 1.82) is 0 Å². The molecule has 1 aromatic heterocycles. The van der Waals surface area contributed by atoms with Gasteiger partial charge in [0.25, 0.3) is 5.91 Å². The Hall–Kier alpha value is -1.34. The molecule has 1 amide bonds. The van der Waals surface area contributed by atoms with E-state index in [1.807, 2.05) is 0 Å². The number of hydrogen-bond donors (Lipinski definition) is 3. The normalized spacial score (nSPS) is 26.2. The summed E-state index contributed by atoms with van der Waals surface area (Å²) in [4.78, 5) is 14.4. The molecule has 3 heterocycles. The second-order valence-corrected chi connectivity index (χ2v) is 6.32. The van der Waals surface area contributed by atoms with E-state index in [9.17, 15) is 4.79 Å². The Morgan fingerprint density at radius 2 is 2.30 bits per heavy atom. The molecular weight excluding hydrogens is 274 g/mol. The summed E-state index contributed by atoms with van der Waals surface area (Å²) >= 11 is 1.28. The molecule has 110 valence electrons. The van der Waals surface area contributed by atoms with E-state index in [1.165, 1.54) is 30.9 Å². The number of hydrogen-bond acceptors (Lipinski definition) is 6. The van der Waals surface area contributed by atoms with Crippen molar-refractivity contribution in [3.63, 3.8) is 0 Å². The van der Waals surface area contributed by atoms with Gasteiger partial charge in [0.1, 0.15) is 10.6 Å². The van der Waals surface area contributed by atoms with Crippen LogP contribution in [0, 0.1) is 0 Å². The number of carbonyl (C=O) groups is 1. The van der Waals surface area contributed by atoms with Crippen LogP contribution < -0.4 is 16.4 Å². The maximum absolute atomic E-state index is 11.9. The summed E-state index contributed by atoms with van der Waals surface area (Å²) in [6, 6.07) is 1.12. The zero-order valence-corrected chi connectivity index (χ0v) is 12.5. The van der Waals surface area contributed by atoms with Crippen LogP contribution in [0.1, 0.15) is 36.0 Å². The Labute approximate surface area is 122 Å². The fourth-order valence-electron chi connectivity index (χ4n) is 3.29. The second-order valence-electron chi connectivity index (χ2n) is 5.55. The van der Waals surface area contributed by atoms with Crippen molar-refractivity contribution in [2.75, 3.05) is 31.2 Å². The van der Waals surface area contributed by atoms with E-state index in [-0.39, 0.29) is 5.91 Å². The number of amides is 1. The molecule has 0 bridgehead atoms. The predicted octanol–water partition coefficient (Wildman–Crippen LogP) is 1.12. The lowest BCUT2D eigenvalue weighted by Crippen LogP contribution is -2.42. The third-order valence-electron chi connectivity index (χ3n) is 4.33. The summed E-state index contributed by atoms with van der Waals surface area (Å²) in [5, 5.41) is 6.91. The largest absolute Gasteiger partial charge is 0.382 e. The van der Waals surface area contributed by atoms with Gasteiger partial charge in [-0.25, -0.2) is 0 Å². The Morgan fingerprint density at radius 3 is 3.10 bits per heavy atom. The van der Waals surface area contributed by atoms with Crippen LogP contribution in [-0.2, 0) is 0 Å². The van der Waals surface area contributed by atoms with Crippen LogP contribution in [0.3, 0.4) is 0 Å². The molecule has 0 saturated carbocycles. The molecule has 2 atom stereocenters. The summed E-state index contributed by atoms with van der Waals surface area (Å²) in [5.74, 6) is 0.146. The van der Waals surface area contributed by atoms with Gasteiger partial charge in [-0.05, 0) is 43.8 Å². The van der Waals surface area contributed by atoms with Crippen molar-refractivity contribution >= 4 is 28.3 Å². The van der Waals surface area contributed by atoms with E-state index in [2.05, 4.69) is 19.9 Å². The fourth-order valence-corrected chi connectivity index (χ4v) is 4.08. The number of nitrogen functional groups attached to an aromatic ring is 1. The molecule has 2 aliphatic rings. The highest BCUT2D eigenvalue weighted by Gasteiger charge is 2.32. The number of anilines is 2. The topological polar surface area (TPSA) is 83.3 Å². The van der Waals surface area contributed by atoms with Crippen molar-refractivity contribution in [3.05, 3.63) is 5.56 Å². The van der Waals surface area contributed by atoms with E-state index in [4.69, 9.17) is 5.73 Å². The zero-order chi connectivity index (χ0) is 14.1. The summed E-state index contributed by atoms with van der Waals surface area (Å²) in [7, 11) is 1.61. The highest BCUT2D eigenvalue weighted by atomic mass is 32.1. The van der Waals surface area contributed by atoms with E-state index >= 15 is 0 Å². The number of fused-ring (bicyclic) bond motifs is 1. The second kappa shape index (κ2) is 5.57. The average molecular weight is 295 g/mol. The van der Waals surface area contributed by atoms with Crippen LogP contribution in [0.25, 0.3) is 0 Å². The third kappa shape index (κ3) is 2.47. The highest BCUT2D eigenvalue weighted by molar-refractivity contribution is 7.11. The maximum atomic E-state index is 11.9. The molecule has 2 saturated heterocycles. The average Bonchev–Trinajstić information content (AvgIpc) is 3.04. The standard InChI is InChI=1S/C13H21N5OS/c1-15-12(19)10-11(14)17-20-13(10)16-8-4-6-18-5-2-3-9(18)7-8/h8-9,16H,2-7H2,1H3,(H2,14,17)(H,15,19). The molecule has 0 radical (unpaired) electrons. The Balaban J connectivity index is 1.70. The summed E-state index contributed by atoms with van der Waals surface area (Å²) < 4.78 is 4.10. The number of nitrogens with zero attached hydrogens (tertiary/aromatic N) is 2. The SMILES string of the molecule is CNC(=O)c1c(N)nsc1NC1CCN2CCCC2C1. The maximum Gasteiger partial charge on any atom is 0.257 e. The van der Waals surface area contributed by atoms with Gasteiger partial charge in [0.05, 0.1) is 0 Å². The third-order valence-corrected chi connectivity index (χ3v) is 5.12. The summed E-state index contributed by atoms with van der Waals surface area (Å²) in [5.41, 5.74) is 6.29. The van der Waals surface area contributed by atoms with Crippen molar-refractivity contribution in [1.82, 2.24) is 14.6 Å². The molecule has 0 aromatic carbocycles. The molecule has 0 aliphatic carbocycles. The monoisotopic (exact) mass is 295 g/mol. The lowest BCUT2D eigenvalue weighted by atomic mass is 9.97. The molecule has 20 heavy (non-hydrogen) atoms. The predicted molar refractivity (Wildman–Crippen MR) is 81.2 cm³/mol. The molecular formula is C13H21N5OS. The van der Waals surface area contributed by atoms with Crippen LogP contribution in [0.15, 0.2) is 0 Å². The minimum Gasteiger partial charge on any atom is -0.382 e. The van der Waals surface area contributed by atoms with Gasteiger partial charge in [0.15, 0.2) is 5.82 Å². The molecule has 2 fully saturated rings. The first-order chi connectivity index (χ1) is 9.69. The Bertz CT molecular complexity index is 503. The number of carbonyl (C=O) groups excluding carboxylic acids is 1. The van der Waals surface area contributed by atoms with Gasteiger partial charge in [-0.2, -0.15) is 4.37 Å². The van der Waals surface area contributed by atoms with Crippen molar-refractivity contribution < 1.29 is 4.79 Å². The highest BCUT2D eigenvalue weighted by Crippen LogP contribution is 2.32. The smallest absolute Gasteiger partial charge is 0.257 e. The molecule has 3 rings (SSSR count). The van der Waals surface area contributed by atoms with Crippen LogP contribution >= 0.6 is 11.5 Å². The van der Waals surface area contributed by atoms with Gasteiger partial charge in [0, 0.05) is 25.7 Å². The number of piperidine rings is 1. The van der Waals surface area contributed by atoms with Gasteiger partial charge in [-0.15, -0.1) is 0 Å². The van der Waals surface area contributed by atoms with Gasteiger partial charge in [-0.1, -0.05) is 0 Å². The quantitative estimate of drug-likeness (QED) is 0.778. The first-order valence-corrected chi connectivity index (χ1v) is 7.94. The van der Waals surface area contributed by atoms with E-state index < -0.39 is 0 Å².